The van der Waals surface area contributed by atoms with Gasteiger partial charge in [-0.1, -0.05) is 18.2 Å². The number of benzene rings is 1. The predicted octanol–water partition coefficient (Wildman–Crippen LogP) is 5.08. The topological polar surface area (TPSA) is 82.6 Å². The third kappa shape index (κ3) is 3.08. The lowest BCUT2D eigenvalue weighted by Gasteiger charge is -2.02. The zero-order valence-electron chi connectivity index (χ0n) is 16.1. The molecule has 150 valence electrons. The molecular formula is C23H15FN6S. The van der Waals surface area contributed by atoms with Crippen LogP contribution in [0.25, 0.3) is 39.1 Å². The molecule has 0 spiro atoms. The Bertz CT molecular complexity index is 1470. The van der Waals surface area contributed by atoms with E-state index in [0.29, 0.717) is 12.4 Å². The first kappa shape index (κ1) is 17.9. The molecule has 1 aromatic carbocycles. The number of fused-ring (bicyclic) bond motifs is 2. The van der Waals surface area contributed by atoms with Crippen LogP contribution in [0.1, 0.15) is 16.3 Å². The zero-order chi connectivity index (χ0) is 20.8. The van der Waals surface area contributed by atoms with Gasteiger partial charge in [-0.15, -0.1) is 11.3 Å². The molecule has 0 unspecified atom stereocenters. The van der Waals surface area contributed by atoms with Gasteiger partial charge in [0.1, 0.15) is 5.69 Å². The summed E-state index contributed by atoms with van der Waals surface area (Å²) in [5.41, 5.74) is 6.12. The summed E-state index contributed by atoms with van der Waals surface area (Å²) in [4.78, 5) is 17.6. The summed E-state index contributed by atoms with van der Waals surface area (Å²) in [6.45, 7) is 0.522. The van der Waals surface area contributed by atoms with E-state index in [4.69, 9.17) is 4.98 Å². The Morgan fingerprint density at radius 2 is 2.00 bits per heavy atom. The van der Waals surface area contributed by atoms with Gasteiger partial charge in [0, 0.05) is 40.0 Å². The molecule has 0 aliphatic carbocycles. The summed E-state index contributed by atoms with van der Waals surface area (Å²) in [6, 6.07) is 13.3. The third-order valence-corrected chi connectivity index (χ3v) is 6.14. The summed E-state index contributed by atoms with van der Waals surface area (Å²) in [7, 11) is 0. The standard InChI is InChI=1S/C23H15FN6S/c24-20-6-5-19(31-20)15-7-9-26-12-18-21(15)28-23(27-18)22-16-10-13(3-4-17(16)29-30-22)14-2-1-8-25-11-14/h1-8,10-12H,9H2,(H,27,28)(H,29,30). The average Bonchev–Trinajstić information content (AvgIpc) is 3.50. The van der Waals surface area contributed by atoms with E-state index in [1.54, 1.807) is 18.5 Å². The second-order valence-electron chi connectivity index (χ2n) is 7.14. The molecule has 1 aliphatic rings. The molecule has 0 fully saturated rings. The highest BCUT2D eigenvalue weighted by atomic mass is 32.1. The smallest absolute Gasteiger partial charge is 0.176 e. The van der Waals surface area contributed by atoms with Crippen LogP contribution in [-0.2, 0) is 0 Å². The van der Waals surface area contributed by atoms with Gasteiger partial charge in [-0.05, 0) is 35.9 Å². The van der Waals surface area contributed by atoms with Gasteiger partial charge in [-0.2, -0.15) is 9.49 Å². The molecular weight excluding hydrogens is 411 g/mol. The van der Waals surface area contributed by atoms with Crippen LogP contribution in [-0.4, -0.2) is 37.9 Å². The van der Waals surface area contributed by atoms with Gasteiger partial charge in [0.2, 0.25) is 0 Å². The maximum atomic E-state index is 13.7. The lowest BCUT2D eigenvalue weighted by Crippen LogP contribution is -1.90. The number of aromatic amines is 2. The van der Waals surface area contributed by atoms with Gasteiger partial charge < -0.3 is 4.98 Å². The minimum absolute atomic E-state index is 0.223. The second-order valence-corrected chi connectivity index (χ2v) is 8.17. The Morgan fingerprint density at radius 1 is 1.03 bits per heavy atom. The van der Waals surface area contributed by atoms with Gasteiger partial charge in [0.25, 0.3) is 0 Å². The van der Waals surface area contributed by atoms with E-state index in [-0.39, 0.29) is 5.13 Å². The number of aromatic nitrogens is 5. The Kier molecular flexibility index (Phi) is 4.10. The fourth-order valence-electron chi connectivity index (χ4n) is 3.77. The Morgan fingerprint density at radius 3 is 2.84 bits per heavy atom. The molecule has 31 heavy (non-hydrogen) atoms. The van der Waals surface area contributed by atoms with Gasteiger partial charge >= 0.3 is 0 Å². The number of rotatable bonds is 3. The Balaban J connectivity index is 1.48. The number of pyridine rings is 1. The van der Waals surface area contributed by atoms with Crippen LogP contribution < -0.4 is 0 Å². The fraction of sp³-hybridized carbons (Fsp3) is 0.0435. The third-order valence-electron chi connectivity index (χ3n) is 5.23. The maximum Gasteiger partial charge on any atom is 0.176 e. The molecule has 0 bridgehead atoms. The molecule has 0 saturated heterocycles. The number of imidazole rings is 1. The summed E-state index contributed by atoms with van der Waals surface area (Å²) >= 11 is 1.10. The van der Waals surface area contributed by atoms with E-state index >= 15 is 0 Å². The van der Waals surface area contributed by atoms with Gasteiger partial charge in [0.05, 0.1) is 23.4 Å². The van der Waals surface area contributed by atoms with Gasteiger partial charge in [-0.3, -0.25) is 15.1 Å². The number of thiophene rings is 1. The van der Waals surface area contributed by atoms with Crippen molar-refractivity contribution < 1.29 is 4.39 Å². The maximum absolute atomic E-state index is 13.7. The van der Waals surface area contributed by atoms with Crippen LogP contribution >= 0.6 is 11.3 Å². The number of aliphatic imine (C=N–C) groups is 1. The second kappa shape index (κ2) is 7.10. The van der Waals surface area contributed by atoms with Crippen LogP contribution in [0.4, 0.5) is 4.39 Å². The molecule has 6 rings (SSSR count). The lowest BCUT2D eigenvalue weighted by molar-refractivity contribution is 0.657. The largest absolute Gasteiger partial charge is 0.335 e. The predicted molar refractivity (Wildman–Crippen MR) is 121 cm³/mol. The van der Waals surface area contributed by atoms with Crippen molar-refractivity contribution in [2.75, 3.05) is 6.54 Å². The summed E-state index contributed by atoms with van der Waals surface area (Å²) in [5, 5.41) is 8.33. The van der Waals surface area contributed by atoms with Crippen LogP contribution in [0.5, 0.6) is 0 Å². The van der Waals surface area contributed by atoms with Crippen LogP contribution in [0.15, 0.2) is 65.9 Å². The van der Waals surface area contributed by atoms with Crippen molar-refractivity contribution in [1.29, 1.82) is 0 Å². The molecule has 0 amide bonds. The summed E-state index contributed by atoms with van der Waals surface area (Å²) < 4.78 is 13.7. The minimum Gasteiger partial charge on any atom is -0.335 e. The summed E-state index contributed by atoms with van der Waals surface area (Å²) in [5.74, 6) is 0.635. The Labute approximate surface area is 180 Å². The number of nitrogens with zero attached hydrogens (tertiary/aromatic N) is 4. The monoisotopic (exact) mass is 426 g/mol. The number of halogens is 1. The van der Waals surface area contributed by atoms with E-state index in [9.17, 15) is 4.39 Å². The van der Waals surface area contributed by atoms with Crippen LogP contribution in [0, 0.1) is 5.13 Å². The number of H-pyrrole nitrogens is 2. The van der Waals surface area contributed by atoms with E-state index in [0.717, 1.165) is 60.9 Å². The average molecular weight is 426 g/mol. The molecule has 5 heterocycles. The first-order valence-corrected chi connectivity index (χ1v) is 10.5. The quantitative estimate of drug-likeness (QED) is 0.422. The van der Waals surface area contributed by atoms with Crippen molar-refractivity contribution in [1.82, 2.24) is 25.1 Å². The van der Waals surface area contributed by atoms with Crippen LogP contribution in [0.3, 0.4) is 0 Å². The van der Waals surface area contributed by atoms with Crippen LogP contribution in [0.2, 0.25) is 0 Å². The summed E-state index contributed by atoms with van der Waals surface area (Å²) in [6.07, 6.45) is 7.34. The van der Waals surface area contributed by atoms with Crippen molar-refractivity contribution in [3.63, 3.8) is 0 Å². The molecule has 1 aliphatic heterocycles. The highest BCUT2D eigenvalue weighted by Gasteiger charge is 2.21. The highest BCUT2D eigenvalue weighted by Crippen LogP contribution is 2.34. The molecule has 4 aromatic heterocycles. The van der Waals surface area contributed by atoms with Crippen molar-refractivity contribution in [3.8, 4) is 22.6 Å². The van der Waals surface area contributed by atoms with Crippen molar-refractivity contribution >= 4 is 34.0 Å². The minimum atomic E-state index is -0.223. The normalized spacial score (nSPS) is 13.3. The fourth-order valence-corrected chi connectivity index (χ4v) is 4.54. The molecule has 0 saturated carbocycles. The van der Waals surface area contributed by atoms with E-state index < -0.39 is 0 Å². The van der Waals surface area contributed by atoms with E-state index in [1.165, 1.54) is 6.07 Å². The van der Waals surface area contributed by atoms with Gasteiger partial charge in [-0.25, -0.2) is 4.98 Å². The number of hydrogen-bond acceptors (Lipinski definition) is 5. The first-order valence-electron chi connectivity index (χ1n) is 9.71. The zero-order valence-corrected chi connectivity index (χ0v) is 16.9. The molecule has 5 aromatic rings. The van der Waals surface area contributed by atoms with Crippen molar-refractivity contribution in [3.05, 3.63) is 82.3 Å². The molecule has 0 atom stereocenters. The highest BCUT2D eigenvalue weighted by molar-refractivity contribution is 7.11. The van der Waals surface area contributed by atoms with Crippen molar-refractivity contribution in [2.45, 2.75) is 0 Å². The van der Waals surface area contributed by atoms with Gasteiger partial charge in [0.15, 0.2) is 11.0 Å². The SMILES string of the molecule is Fc1ccc(C2=CCN=Cc3[nH]c(-c4n[nH]c5ccc(-c6cccnc6)cc45)nc32)s1. The number of hydrogen-bond donors (Lipinski definition) is 2. The first-order chi connectivity index (χ1) is 15.3. The molecule has 6 nitrogen and oxygen atoms in total. The van der Waals surface area contributed by atoms with Crippen molar-refractivity contribution in [2.24, 2.45) is 4.99 Å². The molecule has 0 radical (unpaired) electrons. The Hall–Kier alpha value is -3.91. The lowest BCUT2D eigenvalue weighted by atomic mass is 10.0. The molecule has 2 N–H and O–H groups in total. The van der Waals surface area contributed by atoms with E-state index in [1.807, 2.05) is 36.5 Å². The number of nitrogens with one attached hydrogen (secondary N) is 2. The molecule has 8 heteroatoms. The van der Waals surface area contributed by atoms with E-state index in [2.05, 4.69) is 31.2 Å².